The van der Waals surface area contributed by atoms with Gasteiger partial charge in [-0.1, -0.05) is 11.6 Å². The van der Waals surface area contributed by atoms with Gasteiger partial charge in [-0.3, -0.25) is 4.79 Å². The summed E-state index contributed by atoms with van der Waals surface area (Å²) in [5.41, 5.74) is 1.49. The lowest BCUT2D eigenvalue weighted by Crippen LogP contribution is -2.33. The molecule has 1 saturated carbocycles. The lowest BCUT2D eigenvalue weighted by molar-refractivity contribution is -0.156. The van der Waals surface area contributed by atoms with Crippen molar-refractivity contribution >= 4 is 17.9 Å². The first-order valence-electron chi connectivity index (χ1n) is 9.40. The zero-order valence-corrected chi connectivity index (χ0v) is 16.8. The lowest BCUT2D eigenvalue weighted by atomic mass is 9.72. The molecule has 3 rings (SSSR count). The monoisotopic (exact) mass is 376 g/mol. The molecular formula is C21H28O6. The summed E-state index contributed by atoms with van der Waals surface area (Å²) in [5.74, 6) is -1.04. The van der Waals surface area contributed by atoms with Crippen molar-refractivity contribution in [2.45, 2.75) is 46.1 Å². The Balaban J connectivity index is 1.90. The maximum absolute atomic E-state index is 12.4. The van der Waals surface area contributed by atoms with Crippen molar-refractivity contribution in [1.82, 2.24) is 0 Å². The molecule has 3 aliphatic rings. The highest BCUT2D eigenvalue weighted by Crippen LogP contribution is 2.62. The van der Waals surface area contributed by atoms with E-state index in [4.69, 9.17) is 14.2 Å². The van der Waals surface area contributed by atoms with Gasteiger partial charge in [0.05, 0.1) is 31.8 Å². The Morgan fingerprint density at radius 3 is 2.11 bits per heavy atom. The van der Waals surface area contributed by atoms with Gasteiger partial charge in [-0.15, -0.1) is 0 Å². The molecule has 0 aliphatic heterocycles. The highest BCUT2D eigenvalue weighted by Gasteiger charge is 2.59. The number of allylic oxidation sites excluding steroid dienone is 2. The molecule has 3 aliphatic carbocycles. The van der Waals surface area contributed by atoms with Crippen LogP contribution in [0.5, 0.6) is 0 Å². The first-order chi connectivity index (χ1) is 12.6. The number of carbonyl (C=O) groups excluding carboxylic acids is 3. The fourth-order valence-electron chi connectivity index (χ4n) is 5.25. The normalized spacial score (nSPS) is 31.5. The number of carbonyl (C=O) groups is 3. The second kappa shape index (κ2) is 6.80. The van der Waals surface area contributed by atoms with Gasteiger partial charge < -0.3 is 14.2 Å². The van der Waals surface area contributed by atoms with Gasteiger partial charge in [-0.2, -0.15) is 0 Å². The van der Waals surface area contributed by atoms with E-state index in [1.165, 1.54) is 14.2 Å². The van der Waals surface area contributed by atoms with Crippen molar-refractivity contribution in [1.29, 1.82) is 0 Å². The predicted octanol–water partition coefficient (Wildman–Crippen LogP) is 2.82. The van der Waals surface area contributed by atoms with E-state index in [9.17, 15) is 14.4 Å². The van der Waals surface area contributed by atoms with Crippen molar-refractivity contribution in [3.8, 4) is 0 Å². The number of fused-ring (bicyclic) bond motifs is 5. The van der Waals surface area contributed by atoms with Gasteiger partial charge in [0, 0.05) is 0 Å². The summed E-state index contributed by atoms with van der Waals surface area (Å²) in [7, 11) is 2.65. The summed E-state index contributed by atoms with van der Waals surface area (Å²) in [6, 6.07) is 0. The van der Waals surface area contributed by atoms with Crippen LogP contribution < -0.4 is 0 Å². The SMILES string of the molecule is COC(=O)C1=C(C(=O)OC)[C@@H]2C[C@H]1[C@@H]1[C@H]2C=C(C)[C@H]1CC(=O)OC(C)(C)C. The number of methoxy groups -OCH3 is 2. The van der Waals surface area contributed by atoms with E-state index in [2.05, 4.69) is 6.08 Å². The van der Waals surface area contributed by atoms with Crippen LogP contribution in [0.2, 0.25) is 0 Å². The molecule has 2 bridgehead atoms. The molecule has 0 saturated heterocycles. The quantitative estimate of drug-likeness (QED) is 0.426. The van der Waals surface area contributed by atoms with Crippen LogP contribution in [0.3, 0.4) is 0 Å². The van der Waals surface area contributed by atoms with Crippen LogP contribution in [0.25, 0.3) is 0 Å². The molecule has 0 unspecified atom stereocenters. The zero-order chi connectivity index (χ0) is 20.1. The van der Waals surface area contributed by atoms with Gasteiger partial charge in [0.25, 0.3) is 0 Å². The first-order valence-corrected chi connectivity index (χ1v) is 9.40. The van der Waals surface area contributed by atoms with Crippen LogP contribution in [0, 0.1) is 29.6 Å². The Morgan fingerprint density at radius 1 is 1.04 bits per heavy atom. The third-order valence-electron chi connectivity index (χ3n) is 6.04. The Labute approximate surface area is 159 Å². The largest absolute Gasteiger partial charge is 0.466 e. The van der Waals surface area contributed by atoms with E-state index in [-0.39, 0.29) is 42.0 Å². The minimum Gasteiger partial charge on any atom is -0.466 e. The maximum Gasteiger partial charge on any atom is 0.334 e. The van der Waals surface area contributed by atoms with Crippen LogP contribution in [-0.2, 0) is 28.6 Å². The Kier molecular flexibility index (Phi) is 4.95. The van der Waals surface area contributed by atoms with Crippen LogP contribution in [0.4, 0.5) is 0 Å². The molecule has 0 spiro atoms. The first kappa shape index (κ1) is 19.6. The van der Waals surface area contributed by atoms with Gasteiger partial charge in [0.15, 0.2) is 0 Å². The van der Waals surface area contributed by atoms with E-state index < -0.39 is 17.5 Å². The Morgan fingerprint density at radius 2 is 1.59 bits per heavy atom. The van der Waals surface area contributed by atoms with Crippen molar-refractivity contribution in [2.75, 3.05) is 14.2 Å². The average molecular weight is 376 g/mol. The molecule has 0 N–H and O–H groups in total. The molecule has 0 aromatic rings. The smallest absolute Gasteiger partial charge is 0.334 e. The molecule has 0 aromatic heterocycles. The summed E-state index contributed by atoms with van der Waals surface area (Å²) in [5, 5.41) is 0. The number of rotatable bonds is 4. The second-order valence-corrected chi connectivity index (χ2v) is 8.72. The van der Waals surface area contributed by atoms with E-state index in [0.29, 0.717) is 11.1 Å². The van der Waals surface area contributed by atoms with Crippen LogP contribution in [0.15, 0.2) is 22.8 Å². The van der Waals surface area contributed by atoms with Gasteiger partial charge >= 0.3 is 17.9 Å². The van der Waals surface area contributed by atoms with Crippen molar-refractivity contribution in [3.05, 3.63) is 22.8 Å². The third-order valence-corrected chi connectivity index (χ3v) is 6.04. The van der Waals surface area contributed by atoms with Crippen LogP contribution >= 0.6 is 0 Å². The van der Waals surface area contributed by atoms with E-state index >= 15 is 0 Å². The molecule has 0 aromatic carbocycles. The van der Waals surface area contributed by atoms with Crippen molar-refractivity contribution in [2.24, 2.45) is 29.6 Å². The number of ether oxygens (including phenoxy) is 3. The van der Waals surface area contributed by atoms with Gasteiger partial charge in [0.1, 0.15) is 5.60 Å². The fourth-order valence-corrected chi connectivity index (χ4v) is 5.25. The molecule has 0 radical (unpaired) electrons. The average Bonchev–Trinajstić information content (AvgIpc) is 3.21. The number of esters is 3. The van der Waals surface area contributed by atoms with Gasteiger partial charge in [-0.25, -0.2) is 9.59 Å². The summed E-state index contributed by atoms with van der Waals surface area (Å²) in [6.45, 7) is 7.57. The van der Waals surface area contributed by atoms with Crippen molar-refractivity contribution < 1.29 is 28.6 Å². The minimum absolute atomic E-state index is 0.0127. The lowest BCUT2D eigenvalue weighted by Gasteiger charge is -2.32. The van der Waals surface area contributed by atoms with Crippen molar-refractivity contribution in [3.63, 3.8) is 0 Å². The topological polar surface area (TPSA) is 78.9 Å². The molecule has 148 valence electrons. The molecule has 0 heterocycles. The zero-order valence-electron chi connectivity index (χ0n) is 16.8. The Bertz CT molecular complexity index is 738. The molecule has 6 nitrogen and oxygen atoms in total. The van der Waals surface area contributed by atoms with Crippen LogP contribution in [-0.4, -0.2) is 37.7 Å². The number of hydrogen-bond donors (Lipinski definition) is 0. The maximum atomic E-state index is 12.4. The molecule has 5 atom stereocenters. The summed E-state index contributed by atoms with van der Waals surface area (Å²) < 4.78 is 15.4. The predicted molar refractivity (Wildman–Crippen MR) is 97.3 cm³/mol. The van der Waals surface area contributed by atoms with Gasteiger partial charge in [-0.05, 0) is 63.7 Å². The summed E-state index contributed by atoms with van der Waals surface area (Å²) in [6.07, 6.45) is 3.17. The highest BCUT2D eigenvalue weighted by atomic mass is 16.6. The fraction of sp³-hybridized carbons (Fsp3) is 0.667. The molecule has 0 amide bonds. The van der Waals surface area contributed by atoms with Crippen LogP contribution in [0.1, 0.15) is 40.5 Å². The molecule has 6 heteroatoms. The molecule has 27 heavy (non-hydrogen) atoms. The minimum atomic E-state index is -0.531. The summed E-state index contributed by atoms with van der Waals surface area (Å²) in [4.78, 5) is 37.2. The highest BCUT2D eigenvalue weighted by molar-refractivity contribution is 6.02. The molecular weight excluding hydrogens is 348 g/mol. The van der Waals surface area contributed by atoms with E-state index in [1.807, 2.05) is 27.7 Å². The number of hydrogen-bond acceptors (Lipinski definition) is 6. The van der Waals surface area contributed by atoms with Gasteiger partial charge in [0.2, 0.25) is 0 Å². The standard InChI is InChI=1S/C21H28O6/c1-10-7-12-13-8-14(18(20(24)26-6)17(13)19(23)25-5)16(12)11(10)9-15(22)27-21(2,3)4/h7,11-14,16H,8-9H2,1-6H3/t11-,12+,13-,14+,16+/m1/s1. The van der Waals surface area contributed by atoms with E-state index in [1.54, 1.807) is 0 Å². The summed E-state index contributed by atoms with van der Waals surface area (Å²) >= 11 is 0. The Hall–Kier alpha value is -2.11. The third kappa shape index (κ3) is 3.30. The molecule has 1 fully saturated rings. The van der Waals surface area contributed by atoms with E-state index in [0.717, 1.165) is 12.0 Å². The second-order valence-electron chi connectivity index (χ2n) is 8.72.